The van der Waals surface area contributed by atoms with E-state index in [1.165, 1.54) is 18.3 Å². The molecule has 1 aliphatic rings. The van der Waals surface area contributed by atoms with Crippen molar-refractivity contribution in [2.45, 2.75) is 24.2 Å². The second-order valence-corrected chi connectivity index (χ2v) is 10.7. The van der Waals surface area contributed by atoms with Crippen LogP contribution >= 0.6 is 0 Å². The van der Waals surface area contributed by atoms with E-state index in [4.69, 9.17) is 5.73 Å². The number of pyridine rings is 1. The maximum Gasteiger partial charge on any atom is 0.271 e. The van der Waals surface area contributed by atoms with E-state index < -0.39 is 15.7 Å². The van der Waals surface area contributed by atoms with Gasteiger partial charge in [0.15, 0.2) is 21.3 Å². The zero-order chi connectivity index (χ0) is 25.7. The van der Waals surface area contributed by atoms with Crippen LogP contribution in [0.4, 0.5) is 23.0 Å². The molecule has 2 amide bonds. The highest BCUT2D eigenvalue weighted by Gasteiger charge is 2.25. The summed E-state index contributed by atoms with van der Waals surface area (Å²) in [6.07, 6.45) is 8.01. The van der Waals surface area contributed by atoms with Crippen molar-refractivity contribution in [3.05, 3.63) is 60.7 Å². The molecule has 2 aromatic heterocycles. The minimum atomic E-state index is -3.34. The van der Waals surface area contributed by atoms with E-state index >= 15 is 0 Å². The Hall–Kier alpha value is -4.06. The molecule has 1 saturated heterocycles. The molecule has 1 aliphatic heterocycles. The minimum absolute atomic E-state index is 0.0321. The molecule has 4 rings (SSSR count). The third-order valence-corrected chi connectivity index (χ3v) is 6.93. The molecule has 0 saturated carbocycles. The van der Waals surface area contributed by atoms with E-state index in [1.54, 1.807) is 36.7 Å². The Balaban J connectivity index is 1.48. The van der Waals surface area contributed by atoms with Crippen molar-refractivity contribution in [3.63, 3.8) is 0 Å². The van der Waals surface area contributed by atoms with E-state index in [9.17, 15) is 18.0 Å². The Kier molecular flexibility index (Phi) is 7.44. The zero-order valence-electron chi connectivity index (χ0n) is 19.7. The van der Waals surface area contributed by atoms with Gasteiger partial charge >= 0.3 is 0 Å². The van der Waals surface area contributed by atoms with Gasteiger partial charge in [0.1, 0.15) is 5.82 Å². The summed E-state index contributed by atoms with van der Waals surface area (Å²) in [4.78, 5) is 39.5. The number of hydrogen-bond donors (Lipinski definition) is 3. The molecule has 0 bridgehead atoms. The van der Waals surface area contributed by atoms with Crippen molar-refractivity contribution in [3.8, 4) is 0 Å². The Morgan fingerprint density at radius 3 is 2.58 bits per heavy atom. The smallest absolute Gasteiger partial charge is 0.271 e. The summed E-state index contributed by atoms with van der Waals surface area (Å²) in [6, 6.07) is 9.63. The Bertz CT molecular complexity index is 1350. The Morgan fingerprint density at radius 1 is 1.14 bits per heavy atom. The van der Waals surface area contributed by atoms with Crippen LogP contribution in [0.5, 0.6) is 0 Å². The van der Waals surface area contributed by atoms with Crippen LogP contribution in [-0.4, -0.2) is 54.5 Å². The number of carbonyl (C=O) groups excluding carboxylic acids is 2. The molecule has 11 nitrogen and oxygen atoms in total. The number of nitrogens with zero attached hydrogens (tertiary/aromatic N) is 4. The first-order valence-corrected chi connectivity index (χ1v) is 13.3. The highest BCUT2D eigenvalue weighted by atomic mass is 32.2. The maximum atomic E-state index is 12.5. The van der Waals surface area contributed by atoms with Crippen LogP contribution in [0.15, 0.2) is 59.9 Å². The van der Waals surface area contributed by atoms with Crippen LogP contribution in [-0.2, 0) is 14.6 Å². The lowest BCUT2D eigenvalue weighted by atomic mass is 9.94. The number of sulfone groups is 1. The van der Waals surface area contributed by atoms with Crippen LogP contribution in [0.2, 0.25) is 0 Å². The normalized spacial score (nSPS) is 15.8. The number of nitrogens with one attached hydrogen (secondary N) is 2. The van der Waals surface area contributed by atoms with Crippen molar-refractivity contribution < 1.29 is 18.0 Å². The first kappa shape index (κ1) is 25.0. The summed E-state index contributed by atoms with van der Waals surface area (Å²) < 4.78 is 23.4. The van der Waals surface area contributed by atoms with Crippen molar-refractivity contribution in [1.82, 2.24) is 15.0 Å². The van der Waals surface area contributed by atoms with Gasteiger partial charge in [-0.15, -0.1) is 0 Å². The maximum absolute atomic E-state index is 12.5. The van der Waals surface area contributed by atoms with E-state index in [0.29, 0.717) is 30.2 Å². The molecule has 1 fully saturated rings. The molecule has 36 heavy (non-hydrogen) atoms. The van der Waals surface area contributed by atoms with Gasteiger partial charge in [-0.05, 0) is 55.2 Å². The molecule has 0 unspecified atom stereocenters. The van der Waals surface area contributed by atoms with Crippen molar-refractivity contribution >= 4 is 44.7 Å². The number of piperidine rings is 1. The lowest BCUT2D eigenvalue weighted by Crippen LogP contribution is -2.37. The van der Waals surface area contributed by atoms with Gasteiger partial charge in [0.05, 0.1) is 23.0 Å². The van der Waals surface area contributed by atoms with Crippen molar-refractivity contribution in [2.75, 3.05) is 34.9 Å². The number of primary amides is 1. The number of amides is 2. The lowest BCUT2D eigenvalue weighted by molar-refractivity contribution is -0.117. The fraction of sp³-hybridized carbons (Fsp3) is 0.292. The van der Waals surface area contributed by atoms with Crippen LogP contribution in [0.1, 0.15) is 29.8 Å². The molecule has 0 spiro atoms. The molecule has 3 aromatic rings. The average Bonchev–Trinajstić information content (AvgIpc) is 2.84. The Labute approximate surface area is 209 Å². The van der Waals surface area contributed by atoms with Gasteiger partial charge in [-0.1, -0.05) is 0 Å². The topological polar surface area (TPSA) is 160 Å². The second kappa shape index (κ2) is 10.7. The van der Waals surface area contributed by atoms with Gasteiger partial charge in [0.2, 0.25) is 5.91 Å². The van der Waals surface area contributed by atoms with Crippen LogP contribution in [0, 0.1) is 5.92 Å². The van der Waals surface area contributed by atoms with Crippen molar-refractivity contribution in [2.24, 2.45) is 11.7 Å². The Morgan fingerprint density at radius 2 is 1.92 bits per heavy atom. The standard InChI is InChI=1S/C24H27N7O4S/c1-36(34,35)19-8-6-17(7-9-19)29-24-22(23(25)33)27-14-20(30-24)31-11-3-4-16(15-31)12-21(32)28-18-5-2-10-26-13-18/h2,5-10,13-14,16H,3-4,11-12,15H2,1H3,(H2,25,33)(H,28,32)(H,29,30)/t16-/m0/s1. The summed E-state index contributed by atoms with van der Waals surface area (Å²) in [5.74, 6) is 0.0157. The molecule has 188 valence electrons. The van der Waals surface area contributed by atoms with E-state index in [2.05, 4.69) is 25.6 Å². The molecule has 0 radical (unpaired) electrons. The monoisotopic (exact) mass is 509 g/mol. The van der Waals surface area contributed by atoms with Crippen LogP contribution in [0.3, 0.4) is 0 Å². The van der Waals surface area contributed by atoms with Gasteiger partial charge in [-0.25, -0.2) is 18.4 Å². The molecule has 4 N–H and O–H groups in total. The molecule has 3 heterocycles. The van der Waals surface area contributed by atoms with E-state index in [0.717, 1.165) is 25.6 Å². The van der Waals surface area contributed by atoms with Gasteiger partial charge in [-0.3, -0.25) is 14.6 Å². The number of anilines is 4. The first-order chi connectivity index (χ1) is 17.2. The van der Waals surface area contributed by atoms with Gasteiger partial charge in [0.25, 0.3) is 5.91 Å². The minimum Gasteiger partial charge on any atom is -0.364 e. The summed E-state index contributed by atoms with van der Waals surface area (Å²) in [7, 11) is -3.34. The van der Waals surface area contributed by atoms with Gasteiger partial charge in [0, 0.05) is 37.7 Å². The molecular weight excluding hydrogens is 482 g/mol. The predicted octanol–water partition coefficient (Wildman–Crippen LogP) is 2.36. The quantitative estimate of drug-likeness (QED) is 0.414. The summed E-state index contributed by atoms with van der Waals surface area (Å²) >= 11 is 0. The van der Waals surface area contributed by atoms with E-state index in [-0.39, 0.29) is 28.2 Å². The van der Waals surface area contributed by atoms with Crippen LogP contribution in [0.25, 0.3) is 0 Å². The summed E-state index contributed by atoms with van der Waals surface area (Å²) in [5.41, 5.74) is 6.65. The van der Waals surface area contributed by atoms with Crippen molar-refractivity contribution in [1.29, 1.82) is 0 Å². The number of nitrogens with two attached hydrogens (primary N) is 1. The molecule has 12 heteroatoms. The molecule has 1 atom stereocenters. The lowest BCUT2D eigenvalue weighted by Gasteiger charge is -2.33. The van der Waals surface area contributed by atoms with Gasteiger partial charge in [-0.2, -0.15) is 0 Å². The molecular formula is C24H27N7O4S. The largest absolute Gasteiger partial charge is 0.364 e. The number of hydrogen-bond acceptors (Lipinski definition) is 9. The van der Waals surface area contributed by atoms with Gasteiger partial charge < -0.3 is 21.3 Å². The van der Waals surface area contributed by atoms with Crippen LogP contribution < -0.4 is 21.3 Å². The highest BCUT2D eigenvalue weighted by Crippen LogP contribution is 2.27. The number of aromatic nitrogens is 3. The molecule has 1 aromatic carbocycles. The third kappa shape index (κ3) is 6.33. The summed E-state index contributed by atoms with van der Waals surface area (Å²) in [6.45, 7) is 1.33. The fourth-order valence-electron chi connectivity index (χ4n) is 4.07. The SMILES string of the molecule is CS(=O)(=O)c1ccc(Nc2nc(N3CCC[C@@H](CC(=O)Nc4cccnc4)C3)cnc2C(N)=O)cc1. The number of carbonyl (C=O) groups is 2. The number of benzene rings is 1. The zero-order valence-corrected chi connectivity index (χ0v) is 20.5. The second-order valence-electron chi connectivity index (χ2n) is 8.66. The highest BCUT2D eigenvalue weighted by molar-refractivity contribution is 7.90. The first-order valence-electron chi connectivity index (χ1n) is 11.4. The summed E-state index contributed by atoms with van der Waals surface area (Å²) in [5, 5.41) is 5.88. The third-order valence-electron chi connectivity index (χ3n) is 5.80. The number of rotatable bonds is 8. The fourth-order valence-corrected chi connectivity index (χ4v) is 4.70. The predicted molar refractivity (Wildman–Crippen MR) is 136 cm³/mol. The van der Waals surface area contributed by atoms with E-state index in [1.807, 2.05) is 4.90 Å². The average molecular weight is 510 g/mol. The molecule has 0 aliphatic carbocycles.